The van der Waals surface area contributed by atoms with Crippen LogP contribution in [-0.2, 0) is 10.0 Å². The lowest BCUT2D eigenvalue weighted by Gasteiger charge is -2.36. The predicted octanol–water partition coefficient (Wildman–Crippen LogP) is 0.749. The second kappa shape index (κ2) is 7.02. The summed E-state index contributed by atoms with van der Waals surface area (Å²) < 4.78 is 24.8. The maximum atomic E-state index is 11.6. The van der Waals surface area contributed by atoms with Crippen LogP contribution in [0.5, 0.6) is 0 Å². The van der Waals surface area contributed by atoms with Crippen LogP contribution in [0.4, 0.5) is 0 Å². The van der Waals surface area contributed by atoms with E-state index < -0.39 is 10.0 Å². The lowest BCUT2D eigenvalue weighted by molar-refractivity contribution is 0.0850. The van der Waals surface area contributed by atoms with Gasteiger partial charge >= 0.3 is 0 Å². The first-order chi connectivity index (χ1) is 8.70. The van der Waals surface area contributed by atoms with Crippen molar-refractivity contribution in [2.24, 2.45) is 5.92 Å². The van der Waals surface area contributed by atoms with E-state index in [0.717, 1.165) is 19.4 Å². The second-order valence-electron chi connectivity index (χ2n) is 6.03. The summed E-state index contributed by atoms with van der Waals surface area (Å²) in [6.45, 7) is 8.77. The molecule has 1 aliphatic rings. The van der Waals surface area contributed by atoms with Crippen LogP contribution in [0.25, 0.3) is 0 Å². The van der Waals surface area contributed by atoms with Gasteiger partial charge in [-0.05, 0) is 39.5 Å². The van der Waals surface area contributed by atoms with Crippen molar-refractivity contribution in [3.8, 4) is 0 Å². The van der Waals surface area contributed by atoms with Crippen molar-refractivity contribution in [1.82, 2.24) is 9.21 Å². The lowest BCUT2D eigenvalue weighted by Crippen LogP contribution is -2.46. The largest absolute Gasteiger partial charge is 0.392 e. The zero-order valence-electron chi connectivity index (χ0n) is 12.5. The molecule has 0 aromatic carbocycles. The minimum Gasteiger partial charge on any atom is -0.392 e. The van der Waals surface area contributed by atoms with Gasteiger partial charge in [0, 0.05) is 32.2 Å². The summed E-state index contributed by atoms with van der Waals surface area (Å²) in [7, 11) is -3.07. The standard InChI is InChI=1S/C13H28N2O3S/c1-11(2)14(8-12(3)16)9-13-6-5-7-15(10-13)19(4,17)18/h11-13,16H,5-10H2,1-4H3. The Kier molecular flexibility index (Phi) is 6.23. The molecule has 0 aromatic heterocycles. The van der Waals surface area contributed by atoms with Crippen molar-refractivity contribution in [3.63, 3.8) is 0 Å². The van der Waals surface area contributed by atoms with Crippen LogP contribution in [0.15, 0.2) is 0 Å². The highest BCUT2D eigenvalue weighted by Gasteiger charge is 2.27. The fourth-order valence-corrected chi connectivity index (χ4v) is 3.59. The van der Waals surface area contributed by atoms with Crippen LogP contribution in [0.1, 0.15) is 33.6 Å². The number of sulfonamides is 1. The van der Waals surface area contributed by atoms with Gasteiger partial charge in [0.05, 0.1) is 12.4 Å². The third-order valence-electron chi connectivity index (χ3n) is 3.67. The number of aliphatic hydroxyl groups is 1. The van der Waals surface area contributed by atoms with Crippen LogP contribution < -0.4 is 0 Å². The lowest BCUT2D eigenvalue weighted by atomic mass is 9.98. The Balaban J connectivity index is 2.59. The number of hydrogen-bond donors (Lipinski definition) is 1. The summed E-state index contributed by atoms with van der Waals surface area (Å²) in [6.07, 6.45) is 2.93. The van der Waals surface area contributed by atoms with Gasteiger partial charge in [-0.15, -0.1) is 0 Å². The highest BCUT2D eigenvalue weighted by molar-refractivity contribution is 7.88. The fraction of sp³-hybridized carbons (Fsp3) is 1.00. The Morgan fingerprint density at radius 2 is 2.00 bits per heavy atom. The van der Waals surface area contributed by atoms with Gasteiger partial charge < -0.3 is 5.11 Å². The summed E-state index contributed by atoms with van der Waals surface area (Å²) in [5.74, 6) is 0.365. The molecule has 5 nitrogen and oxygen atoms in total. The molecule has 2 unspecified atom stereocenters. The maximum absolute atomic E-state index is 11.6. The van der Waals surface area contributed by atoms with Crippen LogP contribution in [0.2, 0.25) is 0 Å². The van der Waals surface area contributed by atoms with Crippen LogP contribution in [0, 0.1) is 5.92 Å². The average Bonchev–Trinajstić information content (AvgIpc) is 2.26. The summed E-state index contributed by atoms with van der Waals surface area (Å²) in [5, 5.41) is 9.53. The molecular weight excluding hydrogens is 264 g/mol. The van der Waals surface area contributed by atoms with E-state index in [-0.39, 0.29) is 6.10 Å². The zero-order valence-corrected chi connectivity index (χ0v) is 13.4. The molecule has 0 saturated carbocycles. The van der Waals surface area contributed by atoms with Crippen LogP contribution >= 0.6 is 0 Å². The van der Waals surface area contributed by atoms with Gasteiger partial charge in [0.2, 0.25) is 10.0 Å². The van der Waals surface area contributed by atoms with E-state index in [9.17, 15) is 13.5 Å². The van der Waals surface area contributed by atoms with Gasteiger partial charge in [-0.1, -0.05) is 0 Å². The van der Waals surface area contributed by atoms with Crippen molar-refractivity contribution in [2.45, 2.75) is 45.8 Å². The number of hydrogen-bond acceptors (Lipinski definition) is 4. The smallest absolute Gasteiger partial charge is 0.211 e. The molecule has 0 amide bonds. The second-order valence-corrected chi connectivity index (χ2v) is 8.01. The molecular formula is C13H28N2O3S. The van der Waals surface area contributed by atoms with E-state index in [1.54, 1.807) is 11.2 Å². The van der Waals surface area contributed by atoms with Crippen LogP contribution in [-0.4, -0.2) is 67.3 Å². The minimum atomic E-state index is -3.07. The third kappa shape index (κ3) is 5.77. The highest BCUT2D eigenvalue weighted by Crippen LogP contribution is 2.20. The van der Waals surface area contributed by atoms with Gasteiger partial charge in [-0.25, -0.2) is 12.7 Å². The van der Waals surface area contributed by atoms with E-state index in [1.165, 1.54) is 6.26 Å². The Labute approximate surface area is 117 Å². The van der Waals surface area contributed by atoms with Crippen molar-refractivity contribution in [2.75, 3.05) is 32.4 Å². The summed E-state index contributed by atoms with van der Waals surface area (Å²) in [6, 6.07) is 0.364. The van der Waals surface area contributed by atoms with Crippen molar-refractivity contribution < 1.29 is 13.5 Å². The first-order valence-electron chi connectivity index (χ1n) is 7.07. The predicted molar refractivity (Wildman–Crippen MR) is 77.5 cm³/mol. The molecule has 1 saturated heterocycles. The first-order valence-corrected chi connectivity index (χ1v) is 8.92. The molecule has 0 radical (unpaired) electrons. The Morgan fingerprint density at radius 3 is 2.47 bits per heavy atom. The molecule has 1 N–H and O–H groups in total. The quantitative estimate of drug-likeness (QED) is 0.785. The molecule has 0 aliphatic carbocycles. The number of nitrogens with zero attached hydrogens (tertiary/aromatic N) is 2. The van der Waals surface area contributed by atoms with E-state index >= 15 is 0 Å². The number of piperidine rings is 1. The third-order valence-corrected chi connectivity index (χ3v) is 4.94. The zero-order chi connectivity index (χ0) is 14.6. The van der Waals surface area contributed by atoms with Crippen molar-refractivity contribution in [3.05, 3.63) is 0 Å². The highest BCUT2D eigenvalue weighted by atomic mass is 32.2. The fourth-order valence-electron chi connectivity index (χ4n) is 2.64. The monoisotopic (exact) mass is 292 g/mol. The number of rotatable bonds is 6. The summed E-state index contributed by atoms with van der Waals surface area (Å²) in [5.41, 5.74) is 0. The average molecular weight is 292 g/mol. The Bertz CT molecular complexity index is 368. The van der Waals surface area contributed by atoms with Crippen LogP contribution in [0.3, 0.4) is 0 Å². The van der Waals surface area contributed by atoms with Gasteiger partial charge in [0.25, 0.3) is 0 Å². The molecule has 0 spiro atoms. The summed E-state index contributed by atoms with van der Waals surface area (Å²) in [4.78, 5) is 2.24. The Morgan fingerprint density at radius 1 is 1.37 bits per heavy atom. The molecule has 2 atom stereocenters. The van der Waals surface area contributed by atoms with Gasteiger partial charge in [-0.2, -0.15) is 0 Å². The number of aliphatic hydroxyl groups excluding tert-OH is 1. The normalized spacial score (nSPS) is 24.1. The first kappa shape index (κ1) is 16.9. The molecule has 1 heterocycles. The molecule has 1 fully saturated rings. The molecule has 19 heavy (non-hydrogen) atoms. The van der Waals surface area contributed by atoms with Gasteiger partial charge in [-0.3, -0.25) is 4.90 Å². The van der Waals surface area contributed by atoms with E-state index in [2.05, 4.69) is 18.7 Å². The van der Waals surface area contributed by atoms with E-state index in [0.29, 0.717) is 31.6 Å². The van der Waals surface area contributed by atoms with Gasteiger partial charge in [0.15, 0.2) is 0 Å². The van der Waals surface area contributed by atoms with Crippen molar-refractivity contribution >= 4 is 10.0 Å². The maximum Gasteiger partial charge on any atom is 0.211 e. The molecule has 1 rings (SSSR count). The van der Waals surface area contributed by atoms with E-state index in [1.807, 2.05) is 0 Å². The molecule has 6 heteroatoms. The topological polar surface area (TPSA) is 60.9 Å². The molecule has 0 aromatic rings. The molecule has 0 bridgehead atoms. The SMILES string of the molecule is CC(O)CN(CC1CCCN(S(C)(=O)=O)C1)C(C)C. The Hall–Kier alpha value is -0.170. The van der Waals surface area contributed by atoms with E-state index in [4.69, 9.17) is 0 Å². The van der Waals surface area contributed by atoms with Crippen molar-refractivity contribution in [1.29, 1.82) is 0 Å². The molecule has 1 aliphatic heterocycles. The minimum absolute atomic E-state index is 0.350. The van der Waals surface area contributed by atoms with Gasteiger partial charge in [0.1, 0.15) is 0 Å². The molecule has 114 valence electrons. The summed E-state index contributed by atoms with van der Waals surface area (Å²) >= 11 is 0.